The fraction of sp³-hybridized carbons (Fsp3) is 0.462. The van der Waals surface area contributed by atoms with Crippen molar-refractivity contribution in [2.24, 2.45) is 5.92 Å². The van der Waals surface area contributed by atoms with Crippen molar-refractivity contribution >= 4 is 17.6 Å². The van der Waals surface area contributed by atoms with E-state index in [0.29, 0.717) is 11.6 Å². The topological polar surface area (TPSA) is 49.8 Å². The van der Waals surface area contributed by atoms with Gasteiger partial charge >= 0.3 is 5.97 Å². The van der Waals surface area contributed by atoms with E-state index in [2.05, 4.69) is 0 Å². The Labute approximate surface area is 111 Å². The Hall–Kier alpha value is -1.26. The van der Waals surface area contributed by atoms with Crippen LogP contribution in [0, 0.1) is 5.92 Å². The molecular formula is C13H16ClNO3. The minimum absolute atomic E-state index is 0.126. The number of aliphatic carboxylic acids is 1. The maximum atomic E-state index is 10.8. The van der Waals surface area contributed by atoms with Crippen molar-refractivity contribution in [3.63, 3.8) is 0 Å². The van der Waals surface area contributed by atoms with E-state index in [-0.39, 0.29) is 12.0 Å². The molecule has 0 aliphatic heterocycles. The number of hydrogen-bond donors (Lipinski definition) is 1. The Morgan fingerprint density at radius 3 is 2.83 bits per heavy atom. The van der Waals surface area contributed by atoms with Gasteiger partial charge in [0.05, 0.1) is 13.0 Å². The van der Waals surface area contributed by atoms with Gasteiger partial charge in [0, 0.05) is 17.6 Å². The number of hydrogen-bond acceptors (Lipinski definition) is 3. The normalized spacial score (nSPS) is 22.0. The van der Waals surface area contributed by atoms with Crippen molar-refractivity contribution < 1.29 is 14.6 Å². The van der Waals surface area contributed by atoms with Gasteiger partial charge in [-0.2, -0.15) is 0 Å². The first kappa shape index (κ1) is 13.2. The Morgan fingerprint density at radius 1 is 1.61 bits per heavy atom. The Morgan fingerprint density at radius 2 is 2.33 bits per heavy atom. The molecule has 0 bridgehead atoms. The summed E-state index contributed by atoms with van der Waals surface area (Å²) < 4.78 is 5.09. The molecule has 18 heavy (non-hydrogen) atoms. The molecule has 0 heterocycles. The SMILES string of the molecule is COc1ccc(CN(C)C2CC2C(=O)O)c(Cl)c1. The van der Waals surface area contributed by atoms with Crippen molar-refractivity contribution in [3.8, 4) is 5.75 Å². The molecule has 0 aromatic heterocycles. The van der Waals surface area contributed by atoms with Gasteiger partial charge in [0.15, 0.2) is 0 Å². The average Bonchev–Trinajstić information content (AvgIpc) is 3.11. The number of carboxylic acids is 1. The first-order valence-corrected chi connectivity index (χ1v) is 6.16. The third-order valence-corrected chi connectivity index (χ3v) is 3.67. The van der Waals surface area contributed by atoms with E-state index in [9.17, 15) is 4.79 Å². The number of carbonyl (C=O) groups is 1. The molecule has 1 aliphatic carbocycles. The van der Waals surface area contributed by atoms with Crippen LogP contribution >= 0.6 is 11.6 Å². The van der Waals surface area contributed by atoms with Crippen molar-refractivity contribution in [1.82, 2.24) is 4.90 Å². The van der Waals surface area contributed by atoms with Crippen LogP contribution in [0.15, 0.2) is 18.2 Å². The minimum Gasteiger partial charge on any atom is -0.497 e. The first-order chi connectivity index (χ1) is 8.52. The van der Waals surface area contributed by atoms with E-state index in [1.807, 2.05) is 24.1 Å². The highest BCUT2D eigenvalue weighted by Crippen LogP contribution is 2.36. The Balaban J connectivity index is 2.00. The molecule has 0 radical (unpaired) electrons. The highest BCUT2D eigenvalue weighted by atomic mass is 35.5. The van der Waals surface area contributed by atoms with Gasteiger partial charge in [-0.1, -0.05) is 17.7 Å². The van der Waals surface area contributed by atoms with E-state index in [0.717, 1.165) is 17.7 Å². The van der Waals surface area contributed by atoms with E-state index < -0.39 is 5.97 Å². The van der Waals surface area contributed by atoms with Crippen molar-refractivity contribution in [3.05, 3.63) is 28.8 Å². The smallest absolute Gasteiger partial charge is 0.308 e. The van der Waals surface area contributed by atoms with Gasteiger partial charge in [-0.3, -0.25) is 9.69 Å². The molecule has 0 spiro atoms. The number of halogens is 1. The zero-order valence-electron chi connectivity index (χ0n) is 10.4. The second kappa shape index (κ2) is 5.16. The Bertz CT molecular complexity index is 464. The van der Waals surface area contributed by atoms with Crippen LogP contribution in [-0.4, -0.2) is 36.2 Å². The number of ether oxygens (including phenoxy) is 1. The summed E-state index contributed by atoms with van der Waals surface area (Å²) in [6.07, 6.45) is 0.722. The molecule has 5 heteroatoms. The highest BCUT2D eigenvalue weighted by molar-refractivity contribution is 6.31. The lowest BCUT2D eigenvalue weighted by molar-refractivity contribution is -0.138. The molecule has 98 valence electrons. The highest BCUT2D eigenvalue weighted by Gasteiger charge is 2.45. The molecule has 1 aromatic rings. The summed E-state index contributed by atoms with van der Waals surface area (Å²) >= 11 is 6.15. The molecule has 0 amide bonds. The van der Waals surface area contributed by atoms with Crippen LogP contribution in [0.1, 0.15) is 12.0 Å². The third-order valence-electron chi connectivity index (χ3n) is 3.32. The van der Waals surface area contributed by atoms with Crippen molar-refractivity contribution in [1.29, 1.82) is 0 Å². The van der Waals surface area contributed by atoms with Crippen LogP contribution in [0.5, 0.6) is 5.75 Å². The van der Waals surface area contributed by atoms with Gasteiger partial charge in [-0.15, -0.1) is 0 Å². The maximum Gasteiger partial charge on any atom is 0.308 e. The van der Waals surface area contributed by atoms with Crippen LogP contribution in [0.2, 0.25) is 5.02 Å². The molecule has 0 saturated heterocycles. The number of rotatable bonds is 5. The summed E-state index contributed by atoms with van der Waals surface area (Å²) in [6, 6.07) is 5.67. The molecule has 2 atom stereocenters. The fourth-order valence-corrected chi connectivity index (χ4v) is 2.33. The monoisotopic (exact) mass is 269 g/mol. The summed E-state index contributed by atoms with van der Waals surface area (Å²) in [5.41, 5.74) is 0.982. The predicted molar refractivity (Wildman–Crippen MR) is 69.0 cm³/mol. The lowest BCUT2D eigenvalue weighted by Crippen LogP contribution is -2.23. The average molecular weight is 270 g/mol. The second-order valence-corrected chi connectivity index (χ2v) is 5.03. The molecule has 1 N–H and O–H groups in total. The number of benzene rings is 1. The molecule has 2 rings (SSSR count). The zero-order valence-corrected chi connectivity index (χ0v) is 11.1. The van der Waals surface area contributed by atoms with Crippen LogP contribution < -0.4 is 4.74 Å². The van der Waals surface area contributed by atoms with Crippen LogP contribution in [-0.2, 0) is 11.3 Å². The summed E-state index contributed by atoms with van der Waals surface area (Å²) in [5, 5.41) is 9.54. The van der Waals surface area contributed by atoms with Crippen LogP contribution in [0.25, 0.3) is 0 Å². The summed E-state index contributed by atoms with van der Waals surface area (Å²) in [5.74, 6) is -0.221. The molecule has 1 aromatic carbocycles. The van der Waals surface area contributed by atoms with Crippen LogP contribution in [0.3, 0.4) is 0 Å². The summed E-state index contributed by atoms with van der Waals surface area (Å²) in [4.78, 5) is 12.8. The molecule has 1 saturated carbocycles. The van der Waals surface area contributed by atoms with Gasteiger partial charge in [-0.25, -0.2) is 0 Å². The van der Waals surface area contributed by atoms with Gasteiger partial charge in [0.1, 0.15) is 5.75 Å². The predicted octanol–water partition coefficient (Wildman–Crippen LogP) is 2.25. The maximum absolute atomic E-state index is 10.8. The van der Waals surface area contributed by atoms with Gasteiger partial charge in [0.25, 0.3) is 0 Å². The number of methoxy groups -OCH3 is 1. The Kier molecular flexibility index (Phi) is 3.78. The van der Waals surface area contributed by atoms with E-state index >= 15 is 0 Å². The van der Waals surface area contributed by atoms with E-state index in [1.165, 1.54) is 0 Å². The van der Waals surface area contributed by atoms with Crippen LogP contribution in [0.4, 0.5) is 0 Å². The molecular weight excluding hydrogens is 254 g/mol. The second-order valence-electron chi connectivity index (χ2n) is 4.62. The number of carboxylic acid groups (broad SMARTS) is 1. The van der Waals surface area contributed by atoms with Gasteiger partial charge in [-0.05, 0) is 31.2 Å². The van der Waals surface area contributed by atoms with Gasteiger partial charge < -0.3 is 9.84 Å². The standard InChI is InChI=1S/C13H16ClNO3/c1-15(12-6-10(12)13(16)17)7-8-3-4-9(18-2)5-11(8)14/h3-5,10,12H,6-7H2,1-2H3,(H,16,17). The lowest BCUT2D eigenvalue weighted by Gasteiger charge is -2.17. The molecule has 1 aliphatic rings. The minimum atomic E-state index is -0.715. The molecule has 2 unspecified atom stereocenters. The summed E-state index contributed by atoms with van der Waals surface area (Å²) in [7, 11) is 3.52. The van der Waals surface area contributed by atoms with Gasteiger partial charge in [0.2, 0.25) is 0 Å². The zero-order chi connectivity index (χ0) is 13.3. The van der Waals surface area contributed by atoms with Crippen molar-refractivity contribution in [2.75, 3.05) is 14.2 Å². The van der Waals surface area contributed by atoms with E-state index in [1.54, 1.807) is 13.2 Å². The molecule has 4 nitrogen and oxygen atoms in total. The fourth-order valence-electron chi connectivity index (χ4n) is 2.10. The third kappa shape index (κ3) is 2.76. The largest absolute Gasteiger partial charge is 0.497 e. The number of nitrogens with zero attached hydrogens (tertiary/aromatic N) is 1. The van der Waals surface area contributed by atoms with Crippen molar-refractivity contribution in [2.45, 2.75) is 19.0 Å². The quantitative estimate of drug-likeness (QED) is 0.891. The molecule has 1 fully saturated rings. The summed E-state index contributed by atoms with van der Waals surface area (Å²) in [6.45, 7) is 0.650. The van der Waals surface area contributed by atoms with E-state index in [4.69, 9.17) is 21.4 Å². The lowest BCUT2D eigenvalue weighted by atomic mass is 10.2. The first-order valence-electron chi connectivity index (χ1n) is 5.78.